The standard InChI is InChI=1S/C15H19ClN2O2/c1-12(6-5-11-18(2,3)4)20-15(19)17-14-9-7-13(16)8-10-14/h7-10,12H,11H2,1-4H3/p+1/t12-/m0/s1. The minimum absolute atomic E-state index is 0.450. The highest BCUT2D eigenvalue weighted by Gasteiger charge is 2.08. The van der Waals surface area contributed by atoms with Crippen LogP contribution >= 0.6 is 11.6 Å². The number of carbonyl (C=O) groups is 1. The van der Waals surface area contributed by atoms with E-state index >= 15 is 0 Å². The van der Waals surface area contributed by atoms with E-state index in [-0.39, 0.29) is 0 Å². The molecule has 20 heavy (non-hydrogen) atoms. The number of halogens is 1. The van der Waals surface area contributed by atoms with Crippen molar-refractivity contribution in [2.75, 3.05) is 33.0 Å². The lowest BCUT2D eigenvalue weighted by Gasteiger charge is -2.20. The summed E-state index contributed by atoms with van der Waals surface area (Å²) in [5.74, 6) is 5.90. The predicted molar refractivity (Wildman–Crippen MR) is 81.7 cm³/mol. The van der Waals surface area contributed by atoms with Gasteiger partial charge >= 0.3 is 6.09 Å². The van der Waals surface area contributed by atoms with Crippen molar-refractivity contribution in [3.63, 3.8) is 0 Å². The molecule has 1 amide bonds. The summed E-state index contributed by atoms with van der Waals surface area (Å²) in [6.07, 6.45) is -0.978. The zero-order valence-corrected chi connectivity index (χ0v) is 13.0. The summed E-state index contributed by atoms with van der Waals surface area (Å²) in [5, 5.41) is 3.23. The summed E-state index contributed by atoms with van der Waals surface area (Å²) >= 11 is 5.76. The Morgan fingerprint density at radius 1 is 1.35 bits per heavy atom. The monoisotopic (exact) mass is 295 g/mol. The first kappa shape index (κ1) is 16.4. The average Bonchev–Trinajstić information content (AvgIpc) is 2.30. The molecule has 0 fully saturated rings. The lowest BCUT2D eigenvalue weighted by molar-refractivity contribution is -0.862. The number of hydrogen-bond donors (Lipinski definition) is 1. The number of quaternary nitrogens is 1. The number of carbonyl (C=O) groups excluding carboxylic acids is 1. The Morgan fingerprint density at radius 2 is 1.95 bits per heavy atom. The third-order valence-corrected chi connectivity index (χ3v) is 2.49. The molecule has 0 heterocycles. The lowest BCUT2D eigenvalue weighted by Crippen LogP contribution is -2.34. The van der Waals surface area contributed by atoms with E-state index in [0.717, 1.165) is 4.48 Å². The van der Waals surface area contributed by atoms with Gasteiger partial charge in [0.15, 0.2) is 6.10 Å². The van der Waals surface area contributed by atoms with Crippen molar-refractivity contribution in [1.82, 2.24) is 0 Å². The molecule has 5 heteroatoms. The number of nitrogens with one attached hydrogen (secondary N) is 1. The Labute approximate surface area is 125 Å². The fourth-order valence-corrected chi connectivity index (χ4v) is 1.42. The Bertz CT molecular complexity index is 509. The molecule has 0 aromatic heterocycles. The normalized spacial score (nSPS) is 12.1. The number of anilines is 1. The molecule has 0 spiro atoms. The molecule has 0 aliphatic carbocycles. The van der Waals surface area contributed by atoms with Crippen LogP contribution in [0.5, 0.6) is 0 Å². The third-order valence-electron chi connectivity index (χ3n) is 2.23. The van der Waals surface area contributed by atoms with E-state index in [2.05, 4.69) is 17.2 Å². The third kappa shape index (κ3) is 7.03. The number of nitrogens with zero attached hydrogens (tertiary/aromatic N) is 1. The van der Waals surface area contributed by atoms with Crippen molar-refractivity contribution in [3.05, 3.63) is 29.3 Å². The molecule has 0 bridgehead atoms. The van der Waals surface area contributed by atoms with Crippen LogP contribution in [0, 0.1) is 11.8 Å². The van der Waals surface area contributed by atoms with Crippen LogP contribution in [-0.2, 0) is 4.74 Å². The topological polar surface area (TPSA) is 38.3 Å². The molecule has 1 atom stereocenters. The minimum atomic E-state index is -0.528. The summed E-state index contributed by atoms with van der Waals surface area (Å²) in [7, 11) is 6.15. The van der Waals surface area contributed by atoms with Crippen LogP contribution in [0.4, 0.5) is 10.5 Å². The van der Waals surface area contributed by atoms with Crippen molar-refractivity contribution in [2.24, 2.45) is 0 Å². The van der Waals surface area contributed by atoms with Gasteiger partial charge in [0.05, 0.1) is 21.1 Å². The lowest BCUT2D eigenvalue weighted by atomic mass is 10.3. The molecule has 108 valence electrons. The molecule has 0 radical (unpaired) electrons. The Hall–Kier alpha value is -1.70. The molecule has 1 rings (SSSR count). The zero-order chi connectivity index (χ0) is 15.2. The zero-order valence-electron chi connectivity index (χ0n) is 12.2. The van der Waals surface area contributed by atoms with Crippen LogP contribution in [0.1, 0.15) is 6.92 Å². The number of ether oxygens (including phenoxy) is 1. The smallest absolute Gasteiger partial charge is 0.412 e. The second kappa shape index (κ2) is 7.18. The molecule has 4 nitrogen and oxygen atoms in total. The predicted octanol–water partition coefficient (Wildman–Crippen LogP) is 2.99. The van der Waals surface area contributed by atoms with Gasteiger partial charge in [-0.2, -0.15) is 0 Å². The molecular formula is C15H20ClN2O2+. The van der Waals surface area contributed by atoms with E-state index in [4.69, 9.17) is 16.3 Å². The first-order valence-electron chi connectivity index (χ1n) is 6.28. The van der Waals surface area contributed by atoms with Gasteiger partial charge in [-0.1, -0.05) is 17.5 Å². The van der Waals surface area contributed by atoms with Gasteiger partial charge in [0.25, 0.3) is 0 Å². The SMILES string of the molecule is C[C@@H](C#CC[N+](C)(C)C)OC(=O)Nc1ccc(Cl)cc1. The summed E-state index contributed by atoms with van der Waals surface area (Å²) in [5.41, 5.74) is 0.630. The molecule has 0 saturated heterocycles. The minimum Gasteiger partial charge on any atom is -0.433 e. The van der Waals surface area contributed by atoms with E-state index in [1.807, 2.05) is 21.1 Å². The number of amides is 1. The summed E-state index contributed by atoms with van der Waals surface area (Å²) in [6, 6.07) is 6.80. The highest BCUT2D eigenvalue weighted by atomic mass is 35.5. The van der Waals surface area contributed by atoms with Crippen LogP contribution in [0.3, 0.4) is 0 Å². The van der Waals surface area contributed by atoms with Crippen molar-refractivity contribution in [1.29, 1.82) is 0 Å². The Morgan fingerprint density at radius 3 is 2.50 bits per heavy atom. The van der Waals surface area contributed by atoms with E-state index < -0.39 is 12.2 Å². The van der Waals surface area contributed by atoms with Crippen molar-refractivity contribution in [2.45, 2.75) is 13.0 Å². The second-order valence-corrected chi connectivity index (χ2v) is 5.89. The highest BCUT2D eigenvalue weighted by molar-refractivity contribution is 6.30. The molecule has 1 aromatic rings. The van der Waals surface area contributed by atoms with Crippen LogP contribution in [-0.4, -0.2) is 44.4 Å². The average molecular weight is 296 g/mol. The van der Waals surface area contributed by atoms with Gasteiger partial charge in [0, 0.05) is 10.7 Å². The Kier molecular flexibility index (Phi) is 5.87. The number of benzene rings is 1. The summed E-state index contributed by atoms with van der Waals surface area (Å²) in [4.78, 5) is 11.6. The largest absolute Gasteiger partial charge is 0.433 e. The molecule has 0 aliphatic heterocycles. The van der Waals surface area contributed by atoms with Gasteiger partial charge in [-0.3, -0.25) is 5.32 Å². The highest BCUT2D eigenvalue weighted by Crippen LogP contribution is 2.13. The maximum atomic E-state index is 11.6. The first-order valence-corrected chi connectivity index (χ1v) is 6.66. The molecular weight excluding hydrogens is 276 g/mol. The summed E-state index contributed by atoms with van der Waals surface area (Å²) in [6.45, 7) is 2.44. The quantitative estimate of drug-likeness (QED) is 0.688. The molecule has 0 aliphatic rings. The fraction of sp³-hybridized carbons (Fsp3) is 0.400. The molecule has 1 N–H and O–H groups in total. The molecule has 1 aromatic carbocycles. The van der Waals surface area contributed by atoms with Gasteiger partial charge in [0.1, 0.15) is 6.54 Å². The summed E-state index contributed by atoms with van der Waals surface area (Å²) < 4.78 is 5.88. The van der Waals surface area contributed by atoms with E-state index in [0.29, 0.717) is 17.3 Å². The van der Waals surface area contributed by atoms with Crippen molar-refractivity contribution < 1.29 is 14.0 Å². The Balaban J connectivity index is 2.44. The first-order chi connectivity index (χ1) is 9.26. The van der Waals surface area contributed by atoms with Crippen LogP contribution in [0.25, 0.3) is 0 Å². The number of hydrogen-bond acceptors (Lipinski definition) is 2. The van der Waals surface area contributed by atoms with Gasteiger partial charge < -0.3 is 9.22 Å². The van der Waals surface area contributed by atoms with Crippen LogP contribution < -0.4 is 5.32 Å². The molecule has 0 unspecified atom stereocenters. The van der Waals surface area contributed by atoms with Crippen LogP contribution in [0.2, 0.25) is 5.02 Å². The van der Waals surface area contributed by atoms with Gasteiger partial charge in [-0.05, 0) is 37.1 Å². The van der Waals surface area contributed by atoms with E-state index in [1.165, 1.54) is 0 Å². The van der Waals surface area contributed by atoms with Gasteiger partial charge in [-0.15, -0.1) is 0 Å². The maximum absolute atomic E-state index is 11.6. The van der Waals surface area contributed by atoms with Crippen molar-refractivity contribution >= 4 is 23.4 Å². The number of rotatable bonds is 3. The maximum Gasteiger partial charge on any atom is 0.412 e. The van der Waals surface area contributed by atoms with Crippen LogP contribution in [0.15, 0.2) is 24.3 Å². The second-order valence-electron chi connectivity index (χ2n) is 5.45. The fourth-order valence-electron chi connectivity index (χ4n) is 1.30. The van der Waals surface area contributed by atoms with Crippen molar-refractivity contribution in [3.8, 4) is 11.8 Å². The van der Waals surface area contributed by atoms with Gasteiger partial charge in [0.2, 0.25) is 0 Å². The van der Waals surface area contributed by atoms with E-state index in [9.17, 15) is 4.79 Å². The van der Waals surface area contributed by atoms with E-state index in [1.54, 1.807) is 31.2 Å². The molecule has 0 saturated carbocycles. The van der Waals surface area contributed by atoms with Gasteiger partial charge in [-0.25, -0.2) is 4.79 Å².